The molecular formula is C25H47N2+. The molecule has 0 unspecified atom stereocenters. The summed E-state index contributed by atoms with van der Waals surface area (Å²) in [5, 5.41) is 0. The van der Waals surface area contributed by atoms with Crippen LogP contribution >= 0.6 is 0 Å². The summed E-state index contributed by atoms with van der Waals surface area (Å²) in [5.41, 5.74) is 6.98. The van der Waals surface area contributed by atoms with Gasteiger partial charge in [0.1, 0.15) is 6.54 Å². The molecule has 2 N–H and O–H groups in total. The lowest BCUT2D eigenvalue weighted by Gasteiger charge is -2.30. The average molecular weight is 376 g/mol. The van der Waals surface area contributed by atoms with Crippen molar-refractivity contribution < 1.29 is 4.48 Å². The van der Waals surface area contributed by atoms with Gasteiger partial charge in [0.15, 0.2) is 0 Å². The van der Waals surface area contributed by atoms with Crippen molar-refractivity contribution in [1.82, 2.24) is 0 Å². The van der Waals surface area contributed by atoms with E-state index in [1.807, 2.05) is 0 Å². The maximum absolute atomic E-state index is 5.52. The minimum absolute atomic E-state index is 0.866. The predicted octanol–water partition coefficient (Wildman–Crippen LogP) is 6.68. The molecule has 0 fully saturated rings. The molecule has 0 amide bonds. The number of quaternary nitrogens is 1. The number of hydrogen-bond donors (Lipinski definition) is 1. The Bertz CT molecular complexity index is 427. The Balaban J connectivity index is 1.85. The van der Waals surface area contributed by atoms with Crippen molar-refractivity contribution in [3.8, 4) is 0 Å². The van der Waals surface area contributed by atoms with Gasteiger partial charge in [-0.1, -0.05) is 101 Å². The third-order valence-corrected chi connectivity index (χ3v) is 5.67. The lowest BCUT2D eigenvalue weighted by molar-refractivity contribution is -0.903. The molecule has 0 aromatic heterocycles. The molecule has 1 aromatic carbocycles. The molecule has 0 saturated carbocycles. The lowest BCUT2D eigenvalue weighted by Crippen LogP contribution is -2.39. The Kier molecular flexibility index (Phi) is 14.4. The molecule has 0 aliphatic heterocycles. The van der Waals surface area contributed by atoms with Gasteiger partial charge >= 0.3 is 0 Å². The second kappa shape index (κ2) is 16.1. The van der Waals surface area contributed by atoms with E-state index in [2.05, 4.69) is 44.4 Å². The highest BCUT2D eigenvalue weighted by Crippen LogP contribution is 2.14. The zero-order valence-corrected chi connectivity index (χ0v) is 18.4. The first kappa shape index (κ1) is 24.2. The molecule has 1 rings (SSSR count). The van der Waals surface area contributed by atoms with Crippen LogP contribution in [0, 0.1) is 0 Å². The van der Waals surface area contributed by atoms with Crippen LogP contribution in [0.1, 0.15) is 95.5 Å². The summed E-state index contributed by atoms with van der Waals surface area (Å²) in [5.74, 6) is 0. The van der Waals surface area contributed by atoms with Crippen molar-refractivity contribution in [2.75, 3.05) is 27.2 Å². The molecule has 0 radical (unpaired) electrons. The van der Waals surface area contributed by atoms with E-state index >= 15 is 0 Å². The largest absolute Gasteiger partial charge is 0.330 e. The molecule has 27 heavy (non-hydrogen) atoms. The zero-order valence-electron chi connectivity index (χ0n) is 18.4. The number of rotatable bonds is 18. The first-order chi connectivity index (χ1) is 13.1. The van der Waals surface area contributed by atoms with Gasteiger partial charge in [-0.2, -0.15) is 0 Å². The van der Waals surface area contributed by atoms with Crippen LogP contribution in [0.25, 0.3) is 0 Å². The number of nitrogens with two attached hydrogens (primary N) is 1. The molecule has 156 valence electrons. The van der Waals surface area contributed by atoms with Crippen LogP contribution in [-0.4, -0.2) is 31.7 Å². The second-order valence-corrected chi connectivity index (χ2v) is 9.04. The van der Waals surface area contributed by atoms with E-state index in [-0.39, 0.29) is 0 Å². The Morgan fingerprint density at radius 3 is 1.44 bits per heavy atom. The predicted molar refractivity (Wildman–Crippen MR) is 121 cm³/mol. The number of benzene rings is 1. The molecule has 2 heteroatoms. The highest BCUT2D eigenvalue weighted by Gasteiger charge is 2.14. The number of nitrogens with zero attached hydrogens (tertiary/aromatic N) is 1. The van der Waals surface area contributed by atoms with Crippen molar-refractivity contribution in [3.63, 3.8) is 0 Å². The third kappa shape index (κ3) is 14.8. The molecule has 0 aliphatic carbocycles. The van der Waals surface area contributed by atoms with Crippen LogP contribution in [0.15, 0.2) is 30.3 Å². The summed E-state index contributed by atoms with van der Waals surface area (Å²) in [6.07, 6.45) is 19.6. The molecule has 0 saturated heterocycles. The average Bonchev–Trinajstić information content (AvgIpc) is 2.65. The monoisotopic (exact) mass is 375 g/mol. The first-order valence-corrected chi connectivity index (χ1v) is 11.7. The van der Waals surface area contributed by atoms with Crippen LogP contribution in [0.4, 0.5) is 0 Å². The topological polar surface area (TPSA) is 26.0 Å². The highest BCUT2D eigenvalue weighted by molar-refractivity contribution is 5.13. The molecule has 1 aromatic rings. The smallest absolute Gasteiger partial charge is 0.104 e. The molecule has 0 heterocycles. The van der Waals surface area contributed by atoms with Crippen molar-refractivity contribution in [3.05, 3.63) is 35.9 Å². The standard InChI is InChI=1S/C25H47N2/c1-27(2,24-25-20-16-15-17-21-25)23-19-14-12-10-8-6-4-3-5-7-9-11-13-18-22-26/h15-17,20-21H,3-14,18-19,22-24,26H2,1-2H3/q+1. The van der Waals surface area contributed by atoms with Gasteiger partial charge in [-0.05, 0) is 25.8 Å². The molecule has 0 bridgehead atoms. The number of hydrogen-bond acceptors (Lipinski definition) is 1. The van der Waals surface area contributed by atoms with E-state index in [0.717, 1.165) is 17.6 Å². The van der Waals surface area contributed by atoms with E-state index in [9.17, 15) is 0 Å². The quantitative estimate of drug-likeness (QED) is 0.225. The van der Waals surface area contributed by atoms with E-state index < -0.39 is 0 Å². The van der Waals surface area contributed by atoms with Crippen molar-refractivity contribution >= 4 is 0 Å². The minimum Gasteiger partial charge on any atom is -0.330 e. The van der Waals surface area contributed by atoms with Crippen LogP contribution < -0.4 is 5.73 Å². The summed E-state index contributed by atoms with van der Waals surface area (Å²) in [7, 11) is 4.73. The summed E-state index contributed by atoms with van der Waals surface area (Å²) in [6.45, 7) is 3.30. The van der Waals surface area contributed by atoms with E-state index in [1.165, 1.54) is 102 Å². The Morgan fingerprint density at radius 1 is 0.593 bits per heavy atom. The van der Waals surface area contributed by atoms with Gasteiger partial charge in [0, 0.05) is 5.56 Å². The van der Waals surface area contributed by atoms with Gasteiger partial charge in [-0.15, -0.1) is 0 Å². The SMILES string of the molecule is C[N+](C)(CCCCCCCCCCCCCCCCN)Cc1ccccc1. The fourth-order valence-electron chi connectivity index (χ4n) is 3.96. The van der Waals surface area contributed by atoms with Crippen molar-refractivity contribution in [2.24, 2.45) is 5.73 Å². The van der Waals surface area contributed by atoms with Gasteiger partial charge in [0.2, 0.25) is 0 Å². The van der Waals surface area contributed by atoms with Crippen LogP contribution in [-0.2, 0) is 6.54 Å². The van der Waals surface area contributed by atoms with Gasteiger partial charge in [-0.25, -0.2) is 0 Å². The number of unbranched alkanes of at least 4 members (excludes halogenated alkanes) is 13. The molecule has 0 aliphatic rings. The maximum atomic E-state index is 5.52. The Hall–Kier alpha value is -0.860. The van der Waals surface area contributed by atoms with Gasteiger partial charge in [-0.3, -0.25) is 0 Å². The second-order valence-electron chi connectivity index (χ2n) is 9.04. The summed E-state index contributed by atoms with van der Waals surface area (Å²) < 4.78 is 1.11. The maximum Gasteiger partial charge on any atom is 0.104 e. The fraction of sp³-hybridized carbons (Fsp3) is 0.760. The highest BCUT2D eigenvalue weighted by atomic mass is 15.3. The lowest BCUT2D eigenvalue weighted by atomic mass is 10.0. The normalized spacial score (nSPS) is 11.8. The van der Waals surface area contributed by atoms with Crippen molar-refractivity contribution in [1.29, 1.82) is 0 Å². The summed E-state index contributed by atoms with van der Waals surface area (Å²) >= 11 is 0. The fourth-order valence-corrected chi connectivity index (χ4v) is 3.96. The van der Waals surface area contributed by atoms with E-state index in [4.69, 9.17) is 5.73 Å². The summed E-state index contributed by atoms with van der Waals surface area (Å²) in [4.78, 5) is 0. The van der Waals surface area contributed by atoms with E-state index in [1.54, 1.807) is 0 Å². The molecule has 2 nitrogen and oxygen atoms in total. The molecule has 0 atom stereocenters. The van der Waals surface area contributed by atoms with Crippen molar-refractivity contribution in [2.45, 2.75) is 96.4 Å². The van der Waals surface area contributed by atoms with Gasteiger partial charge in [0.25, 0.3) is 0 Å². The van der Waals surface area contributed by atoms with Gasteiger partial charge < -0.3 is 10.2 Å². The third-order valence-electron chi connectivity index (χ3n) is 5.67. The van der Waals surface area contributed by atoms with Crippen LogP contribution in [0.5, 0.6) is 0 Å². The van der Waals surface area contributed by atoms with Gasteiger partial charge in [0.05, 0.1) is 20.6 Å². The Labute approximate surface area is 170 Å². The van der Waals surface area contributed by atoms with Crippen LogP contribution in [0.3, 0.4) is 0 Å². The minimum atomic E-state index is 0.866. The van der Waals surface area contributed by atoms with E-state index in [0.29, 0.717) is 0 Å². The molecule has 0 spiro atoms. The van der Waals surface area contributed by atoms with Crippen LogP contribution in [0.2, 0.25) is 0 Å². The Morgan fingerprint density at radius 2 is 1.00 bits per heavy atom. The zero-order chi connectivity index (χ0) is 19.6. The molecular weight excluding hydrogens is 328 g/mol. The first-order valence-electron chi connectivity index (χ1n) is 11.7. The summed E-state index contributed by atoms with van der Waals surface area (Å²) in [6, 6.07) is 10.9.